The molecule has 2 rings (SSSR count). The summed E-state index contributed by atoms with van der Waals surface area (Å²) in [4.78, 5) is 0.462. The van der Waals surface area contributed by atoms with Crippen molar-refractivity contribution in [3.05, 3.63) is 48.3 Å². The third kappa shape index (κ3) is 2.98. The van der Waals surface area contributed by atoms with Crippen LogP contribution < -0.4 is 5.73 Å². The third-order valence-electron chi connectivity index (χ3n) is 2.41. The summed E-state index contributed by atoms with van der Waals surface area (Å²) in [5.41, 5.74) is 7.46. The van der Waals surface area contributed by atoms with Gasteiger partial charge in [0, 0.05) is 16.1 Å². The maximum Gasteiger partial charge on any atom is 0.288 e. The fourth-order valence-electron chi connectivity index (χ4n) is 1.59. The van der Waals surface area contributed by atoms with E-state index in [1.807, 2.05) is 0 Å². The van der Waals surface area contributed by atoms with Crippen LogP contribution in [0.3, 0.4) is 0 Å². The smallest absolute Gasteiger partial charge is 0.288 e. The topological polar surface area (TPSA) is 26.0 Å². The van der Waals surface area contributed by atoms with Gasteiger partial charge in [-0.1, -0.05) is 23.9 Å². The van der Waals surface area contributed by atoms with Crippen molar-refractivity contribution >= 4 is 17.4 Å². The van der Waals surface area contributed by atoms with E-state index in [1.165, 1.54) is 18.2 Å². The second-order valence-corrected chi connectivity index (χ2v) is 4.70. The molecule has 0 radical (unpaired) electrons. The lowest BCUT2D eigenvalue weighted by atomic mass is 10.0. The summed E-state index contributed by atoms with van der Waals surface area (Å²) in [6.45, 7) is 0. The van der Waals surface area contributed by atoms with Gasteiger partial charge in [0.1, 0.15) is 5.82 Å². The van der Waals surface area contributed by atoms with Crippen LogP contribution in [0.5, 0.6) is 0 Å². The monoisotopic (exact) mass is 269 g/mol. The summed E-state index contributed by atoms with van der Waals surface area (Å²) in [5, 5.41) is 0. The van der Waals surface area contributed by atoms with E-state index >= 15 is 0 Å². The molecule has 94 valence electrons. The van der Waals surface area contributed by atoms with Crippen molar-refractivity contribution in [3.8, 4) is 11.1 Å². The summed E-state index contributed by atoms with van der Waals surface area (Å²) >= 11 is 0.471. The molecule has 0 aliphatic carbocycles. The van der Waals surface area contributed by atoms with Crippen LogP contribution in [0.25, 0.3) is 11.1 Å². The molecule has 0 saturated heterocycles. The third-order valence-corrected chi connectivity index (χ3v) is 3.13. The molecule has 0 spiro atoms. The number of rotatable bonds is 3. The molecule has 2 aromatic rings. The quantitative estimate of drug-likeness (QED) is 0.660. The Hall–Kier alpha value is -1.62. The van der Waals surface area contributed by atoms with Gasteiger partial charge in [-0.05, 0) is 35.9 Å². The molecule has 0 aliphatic heterocycles. The second kappa shape index (κ2) is 5.35. The van der Waals surface area contributed by atoms with Crippen molar-refractivity contribution in [2.45, 2.75) is 10.7 Å². The van der Waals surface area contributed by atoms with Crippen LogP contribution in [0, 0.1) is 5.82 Å². The molecule has 5 heteroatoms. The van der Waals surface area contributed by atoms with E-state index in [9.17, 15) is 13.2 Å². The molecule has 0 bridgehead atoms. The molecule has 2 aromatic carbocycles. The molecule has 0 aliphatic rings. The lowest BCUT2D eigenvalue weighted by Gasteiger charge is -2.07. The van der Waals surface area contributed by atoms with E-state index in [4.69, 9.17) is 5.73 Å². The van der Waals surface area contributed by atoms with Gasteiger partial charge in [0.2, 0.25) is 0 Å². The molecule has 0 saturated carbocycles. The van der Waals surface area contributed by atoms with Crippen LogP contribution in [0.2, 0.25) is 0 Å². The van der Waals surface area contributed by atoms with Gasteiger partial charge in [-0.25, -0.2) is 4.39 Å². The average molecular weight is 269 g/mol. The highest BCUT2D eigenvalue weighted by Crippen LogP contribution is 2.30. The summed E-state index contributed by atoms with van der Waals surface area (Å²) in [7, 11) is 0. The summed E-state index contributed by atoms with van der Waals surface area (Å²) in [6, 6.07) is 10.5. The number of alkyl halides is 2. The minimum Gasteiger partial charge on any atom is -0.398 e. The summed E-state index contributed by atoms with van der Waals surface area (Å²) in [6.07, 6.45) is 0. The number of nitrogen functional groups attached to an aromatic ring is 1. The lowest BCUT2D eigenvalue weighted by molar-refractivity contribution is 0.252. The van der Waals surface area contributed by atoms with E-state index in [-0.39, 0.29) is 5.82 Å². The van der Waals surface area contributed by atoms with E-state index in [0.29, 0.717) is 33.5 Å². The molecule has 0 unspecified atom stereocenters. The van der Waals surface area contributed by atoms with Gasteiger partial charge < -0.3 is 5.73 Å². The Kier molecular flexibility index (Phi) is 3.81. The Balaban J connectivity index is 2.31. The highest BCUT2D eigenvalue weighted by molar-refractivity contribution is 7.99. The van der Waals surface area contributed by atoms with Gasteiger partial charge >= 0.3 is 0 Å². The minimum absolute atomic E-state index is 0.384. The Bertz CT molecular complexity index is 540. The van der Waals surface area contributed by atoms with Crippen molar-refractivity contribution in [2.24, 2.45) is 0 Å². The van der Waals surface area contributed by atoms with E-state index in [0.717, 1.165) is 0 Å². The van der Waals surface area contributed by atoms with Gasteiger partial charge in [0.15, 0.2) is 0 Å². The highest BCUT2D eigenvalue weighted by atomic mass is 32.2. The van der Waals surface area contributed by atoms with Crippen molar-refractivity contribution in [1.29, 1.82) is 0 Å². The van der Waals surface area contributed by atoms with Gasteiger partial charge in [-0.3, -0.25) is 0 Å². The molecular formula is C13H10F3NS. The first-order valence-electron chi connectivity index (χ1n) is 5.16. The predicted octanol–water partition coefficient (Wildman–Crippen LogP) is 4.39. The number of halogens is 3. The molecule has 2 N–H and O–H groups in total. The number of benzene rings is 2. The molecule has 0 atom stereocenters. The Morgan fingerprint density at radius 3 is 2.28 bits per heavy atom. The second-order valence-electron chi connectivity index (χ2n) is 3.63. The number of hydrogen-bond donors (Lipinski definition) is 1. The number of hydrogen-bond acceptors (Lipinski definition) is 2. The number of thioether (sulfide) groups is 1. The van der Waals surface area contributed by atoms with Crippen molar-refractivity contribution in [3.63, 3.8) is 0 Å². The molecule has 0 aromatic heterocycles. The van der Waals surface area contributed by atoms with E-state index in [1.54, 1.807) is 24.3 Å². The van der Waals surface area contributed by atoms with Crippen LogP contribution in [0.1, 0.15) is 0 Å². The SMILES string of the molecule is Nc1ccc(F)cc1-c1ccc(SC(F)F)cc1. The Labute approximate surface area is 107 Å². The fraction of sp³-hybridized carbons (Fsp3) is 0.0769. The van der Waals surface area contributed by atoms with Gasteiger partial charge in [0.05, 0.1) is 0 Å². The molecule has 18 heavy (non-hydrogen) atoms. The van der Waals surface area contributed by atoms with E-state index < -0.39 is 5.76 Å². The first kappa shape index (κ1) is 12.8. The van der Waals surface area contributed by atoms with Crippen LogP contribution in [0.4, 0.5) is 18.9 Å². The van der Waals surface area contributed by atoms with Crippen molar-refractivity contribution in [2.75, 3.05) is 5.73 Å². The van der Waals surface area contributed by atoms with Gasteiger partial charge in [0.25, 0.3) is 5.76 Å². The highest BCUT2D eigenvalue weighted by Gasteiger charge is 2.07. The number of anilines is 1. The maximum atomic E-state index is 13.1. The van der Waals surface area contributed by atoms with Crippen molar-refractivity contribution < 1.29 is 13.2 Å². The number of nitrogens with two attached hydrogens (primary N) is 1. The predicted molar refractivity (Wildman–Crippen MR) is 68.1 cm³/mol. The normalized spacial score (nSPS) is 10.9. The molecule has 0 heterocycles. The van der Waals surface area contributed by atoms with Crippen LogP contribution in [-0.2, 0) is 0 Å². The summed E-state index contributed by atoms with van der Waals surface area (Å²) < 4.78 is 37.4. The van der Waals surface area contributed by atoms with Gasteiger partial charge in [-0.15, -0.1) is 0 Å². The molecule has 0 amide bonds. The average Bonchev–Trinajstić information content (AvgIpc) is 2.33. The molecular weight excluding hydrogens is 259 g/mol. The van der Waals surface area contributed by atoms with Gasteiger partial charge in [-0.2, -0.15) is 8.78 Å². The Morgan fingerprint density at radius 1 is 1.00 bits per heavy atom. The van der Waals surface area contributed by atoms with Crippen LogP contribution in [-0.4, -0.2) is 5.76 Å². The molecule has 1 nitrogen and oxygen atoms in total. The van der Waals surface area contributed by atoms with E-state index in [2.05, 4.69) is 0 Å². The fourth-order valence-corrected chi connectivity index (χ4v) is 2.09. The van der Waals surface area contributed by atoms with Crippen LogP contribution >= 0.6 is 11.8 Å². The largest absolute Gasteiger partial charge is 0.398 e. The van der Waals surface area contributed by atoms with Crippen molar-refractivity contribution in [1.82, 2.24) is 0 Å². The maximum absolute atomic E-state index is 13.1. The summed E-state index contributed by atoms with van der Waals surface area (Å²) in [5.74, 6) is -2.83. The Morgan fingerprint density at radius 2 is 1.67 bits per heavy atom. The zero-order chi connectivity index (χ0) is 13.1. The zero-order valence-corrected chi connectivity index (χ0v) is 10.1. The lowest BCUT2D eigenvalue weighted by Crippen LogP contribution is -1.91. The zero-order valence-electron chi connectivity index (χ0n) is 9.24. The first-order chi connectivity index (χ1) is 8.56. The standard InChI is InChI=1S/C13H10F3NS/c14-9-3-6-12(17)11(7-9)8-1-4-10(5-2-8)18-13(15)16/h1-7,13H,17H2. The first-order valence-corrected chi connectivity index (χ1v) is 6.04. The van der Waals surface area contributed by atoms with Crippen LogP contribution in [0.15, 0.2) is 47.4 Å². The molecule has 0 fully saturated rings. The minimum atomic E-state index is -2.45.